The van der Waals surface area contributed by atoms with Crippen LogP contribution in [0, 0.1) is 0 Å². The average molecular weight is 219 g/mol. The first kappa shape index (κ1) is 11.3. The number of carbonyl (C=O) groups is 1. The fourth-order valence-electron chi connectivity index (χ4n) is 1.83. The van der Waals surface area contributed by atoms with Crippen molar-refractivity contribution < 1.29 is 9.53 Å². The van der Waals surface area contributed by atoms with Gasteiger partial charge >= 0.3 is 0 Å². The van der Waals surface area contributed by atoms with Gasteiger partial charge in [-0.2, -0.15) is 0 Å². The van der Waals surface area contributed by atoms with E-state index in [1.54, 1.807) is 0 Å². The SMILES string of the molecule is O=C1CCNCC(OCc2ccccc2)C1. The van der Waals surface area contributed by atoms with E-state index in [9.17, 15) is 4.79 Å². The van der Waals surface area contributed by atoms with Crippen molar-refractivity contribution in [1.29, 1.82) is 0 Å². The molecule has 1 aromatic carbocycles. The van der Waals surface area contributed by atoms with Crippen LogP contribution in [0.3, 0.4) is 0 Å². The van der Waals surface area contributed by atoms with Gasteiger partial charge in [0, 0.05) is 25.9 Å². The lowest BCUT2D eigenvalue weighted by Crippen LogP contribution is -2.27. The van der Waals surface area contributed by atoms with Gasteiger partial charge < -0.3 is 10.1 Å². The molecule has 1 unspecified atom stereocenters. The summed E-state index contributed by atoms with van der Waals surface area (Å²) in [5, 5.41) is 3.22. The summed E-state index contributed by atoms with van der Waals surface area (Å²) in [5.74, 6) is 0.295. The molecule has 1 aliphatic rings. The van der Waals surface area contributed by atoms with Gasteiger partial charge in [-0.15, -0.1) is 0 Å². The Labute approximate surface area is 95.8 Å². The number of ether oxygens (including phenoxy) is 1. The van der Waals surface area contributed by atoms with E-state index in [0.717, 1.165) is 18.7 Å². The average Bonchev–Trinajstić information content (AvgIpc) is 2.52. The number of ketones is 1. The fraction of sp³-hybridized carbons (Fsp3) is 0.462. The van der Waals surface area contributed by atoms with Crippen LogP contribution in [0.15, 0.2) is 30.3 Å². The molecule has 0 bridgehead atoms. The lowest BCUT2D eigenvalue weighted by molar-refractivity contribution is -0.121. The largest absolute Gasteiger partial charge is 0.372 e. The summed E-state index contributed by atoms with van der Waals surface area (Å²) in [4.78, 5) is 11.4. The van der Waals surface area contributed by atoms with Gasteiger partial charge in [-0.05, 0) is 5.56 Å². The number of carbonyl (C=O) groups excluding carboxylic acids is 1. The van der Waals surface area contributed by atoms with Crippen LogP contribution in [0.25, 0.3) is 0 Å². The first-order valence-corrected chi connectivity index (χ1v) is 5.72. The molecule has 0 aliphatic carbocycles. The summed E-state index contributed by atoms with van der Waals surface area (Å²) in [6, 6.07) is 10.0. The van der Waals surface area contributed by atoms with Crippen LogP contribution < -0.4 is 5.32 Å². The summed E-state index contributed by atoms with van der Waals surface area (Å²) in [5.41, 5.74) is 1.15. The quantitative estimate of drug-likeness (QED) is 0.837. The smallest absolute Gasteiger partial charge is 0.136 e. The third-order valence-electron chi connectivity index (χ3n) is 2.74. The van der Waals surface area contributed by atoms with Crippen molar-refractivity contribution >= 4 is 5.78 Å². The monoisotopic (exact) mass is 219 g/mol. The Hall–Kier alpha value is -1.19. The second-order valence-electron chi connectivity index (χ2n) is 4.12. The molecule has 0 radical (unpaired) electrons. The van der Waals surface area contributed by atoms with Crippen LogP contribution >= 0.6 is 0 Å². The third kappa shape index (κ3) is 3.43. The van der Waals surface area contributed by atoms with Crippen molar-refractivity contribution in [3.05, 3.63) is 35.9 Å². The number of nitrogens with one attached hydrogen (secondary N) is 1. The van der Waals surface area contributed by atoms with E-state index < -0.39 is 0 Å². The number of benzene rings is 1. The first-order chi connectivity index (χ1) is 7.84. The lowest BCUT2D eigenvalue weighted by Gasteiger charge is -2.14. The molecule has 0 aromatic heterocycles. The standard InChI is InChI=1S/C13H17NO2/c15-12-6-7-14-9-13(8-12)16-10-11-4-2-1-3-5-11/h1-5,13-14H,6-10H2. The van der Waals surface area contributed by atoms with Gasteiger partial charge in [0.15, 0.2) is 0 Å². The topological polar surface area (TPSA) is 38.3 Å². The molecule has 86 valence electrons. The zero-order valence-electron chi connectivity index (χ0n) is 9.32. The molecule has 1 aromatic rings. The maximum atomic E-state index is 11.4. The van der Waals surface area contributed by atoms with Gasteiger partial charge in [0.1, 0.15) is 5.78 Å². The van der Waals surface area contributed by atoms with Crippen molar-refractivity contribution in [3.63, 3.8) is 0 Å². The van der Waals surface area contributed by atoms with Crippen molar-refractivity contribution in [2.45, 2.75) is 25.6 Å². The van der Waals surface area contributed by atoms with E-state index in [1.807, 2.05) is 30.3 Å². The normalized spacial score (nSPS) is 21.8. The molecule has 0 amide bonds. The molecule has 1 heterocycles. The molecule has 3 nitrogen and oxygen atoms in total. The highest BCUT2D eigenvalue weighted by Gasteiger charge is 2.17. The highest BCUT2D eigenvalue weighted by molar-refractivity contribution is 5.79. The molecule has 1 aliphatic heterocycles. The van der Waals surface area contributed by atoms with Crippen molar-refractivity contribution in [3.8, 4) is 0 Å². The van der Waals surface area contributed by atoms with E-state index in [1.165, 1.54) is 0 Å². The maximum Gasteiger partial charge on any atom is 0.136 e. The Bertz CT molecular complexity index is 337. The van der Waals surface area contributed by atoms with Crippen molar-refractivity contribution in [2.24, 2.45) is 0 Å². The Morgan fingerprint density at radius 2 is 2.12 bits per heavy atom. The third-order valence-corrected chi connectivity index (χ3v) is 2.74. The molecule has 2 rings (SSSR count). The van der Waals surface area contributed by atoms with Crippen LogP contribution in [0.5, 0.6) is 0 Å². The minimum Gasteiger partial charge on any atom is -0.372 e. The second kappa shape index (κ2) is 5.77. The second-order valence-corrected chi connectivity index (χ2v) is 4.12. The van der Waals surface area contributed by atoms with E-state index in [-0.39, 0.29) is 6.10 Å². The molecular weight excluding hydrogens is 202 g/mol. The minimum absolute atomic E-state index is 0.0233. The highest BCUT2D eigenvalue weighted by Crippen LogP contribution is 2.08. The predicted molar refractivity (Wildman–Crippen MR) is 62.1 cm³/mol. The van der Waals surface area contributed by atoms with E-state index in [0.29, 0.717) is 25.2 Å². The van der Waals surface area contributed by atoms with Crippen LogP contribution in [-0.4, -0.2) is 25.0 Å². The summed E-state index contributed by atoms with van der Waals surface area (Å²) in [6.07, 6.45) is 1.19. The van der Waals surface area contributed by atoms with Gasteiger partial charge in [-0.3, -0.25) is 4.79 Å². The summed E-state index contributed by atoms with van der Waals surface area (Å²) < 4.78 is 5.74. The number of Topliss-reactive ketones (excluding diaryl/α,β-unsaturated/α-hetero) is 1. The Balaban J connectivity index is 1.83. The van der Waals surface area contributed by atoms with E-state index in [4.69, 9.17) is 4.74 Å². The summed E-state index contributed by atoms with van der Waals surface area (Å²) in [6.45, 7) is 2.14. The van der Waals surface area contributed by atoms with E-state index in [2.05, 4.69) is 5.32 Å². The zero-order valence-corrected chi connectivity index (χ0v) is 9.32. The van der Waals surface area contributed by atoms with Gasteiger partial charge in [-0.1, -0.05) is 30.3 Å². The molecular formula is C13H17NO2. The van der Waals surface area contributed by atoms with Crippen molar-refractivity contribution in [2.75, 3.05) is 13.1 Å². The van der Waals surface area contributed by atoms with Crippen LogP contribution in [0.4, 0.5) is 0 Å². The Morgan fingerprint density at radius 3 is 2.94 bits per heavy atom. The zero-order chi connectivity index (χ0) is 11.2. The number of hydrogen-bond acceptors (Lipinski definition) is 3. The molecule has 1 N–H and O–H groups in total. The first-order valence-electron chi connectivity index (χ1n) is 5.72. The van der Waals surface area contributed by atoms with Gasteiger partial charge in [0.05, 0.1) is 12.7 Å². The molecule has 1 fully saturated rings. The Morgan fingerprint density at radius 1 is 1.31 bits per heavy atom. The highest BCUT2D eigenvalue weighted by atomic mass is 16.5. The summed E-state index contributed by atoms with van der Waals surface area (Å²) in [7, 11) is 0. The van der Waals surface area contributed by atoms with Gasteiger partial charge in [0.25, 0.3) is 0 Å². The molecule has 16 heavy (non-hydrogen) atoms. The molecule has 1 saturated heterocycles. The fourth-order valence-corrected chi connectivity index (χ4v) is 1.83. The molecule has 3 heteroatoms. The summed E-state index contributed by atoms with van der Waals surface area (Å²) >= 11 is 0. The lowest BCUT2D eigenvalue weighted by atomic mass is 10.1. The van der Waals surface area contributed by atoms with Crippen LogP contribution in [0.2, 0.25) is 0 Å². The molecule has 0 spiro atoms. The molecule has 1 atom stereocenters. The van der Waals surface area contributed by atoms with E-state index >= 15 is 0 Å². The van der Waals surface area contributed by atoms with Crippen LogP contribution in [0.1, 0.15) is 18.4 Å². The van der Waals surface area contributed by atoms with Gasteiger partial charge in [-0.25, -0.2) is 0 Å². The predicted octanol–water partition coefficient (Wildman–Crippen LogP) is 1.52. The number of hydrogen-bond donors (Lipinski definition) is 1. The Kier molecular flexibility index (Phi) is 4.08. The van der Waals surface area contributed by atoms with Gasteiger partial charge in [0.2, 0.25) is 0 Å². The van der Waals surface area contributed by atoms with Crippen molar-refractivity contribution in [1.82, 2.24) is 5.32 Å². The minimum atomic E-state index is 0.0233. The maximum absolute atomic E-state index is 11.4. The molecule has 0 saturated carbocycles. The number of rotatable bonds is 3. The van der Waals surface area contributed by atoms with Crippen LogP contribution in [-0.2, 0) is 16.1 Å².